The Hall–Kier alpha value is -3.28. The Morgan fingerprint density at radius 1 is 1.07 bits per heavy atom. The van der Waals surface area contributed by atoms with E-state index in [0.29, 0.717) is 36.5 Å². The molecule has 3 aromatic rings. The average molecular weight is 378 g/mol. The summed E-state index contributed by atoms with van der Waals surface area (Å²) >= 11 is 0. The van der Waals surface area contributed by atoms with Gasteiger partial charge in [0.2, 0.25) is 0 Å². The zero-order valence-electron chi connectivity index (χ0n) is 15.8. The Labute approximate surface area is 164 Å². The molecule has 0 saturated carbocycles. The highest BCUT2D eigenvalue weighted by atomic mass is 19.1. The van der Waals surface area contributed by atoms with E-state index in [2.05, 4.69) is 15.3 Å². The molecule has 0 radical (unpaired) electrons. The number of benzene rings is 1. The molecule has 28 heavy (non-hydrogen) atoms. The fourth-order valence-electron chi connectivity index (χ4n) is 2.85. The monoisotopic (exact) mass is 378 g/mol. The third kappa shape index (κ3) is 5.36. The molecule has 0 unspecified atom stereocenters. The van der Waals surface area contributed by atoms with Gasteiger partial charge in [0.05, 0.1) is 0 Å². The molecule has 0 aliphatic heterocycles. The van der Waals surface area contributed by atoms with Crippen molar-refractivity contribution in [3.63, 3.8) is 0 Å². The molecular formula is C22H23FN4O. The molecule has 2 aromatic heterocycles. The molecule has 0 fully saturated rings. The molecule has 0 saturated heterocycles. The summed E-state index contributed by atoms with van der Waals surface area (Å²) in [6, 6.07) is 14.0. The minimum atomic E-state index is -0.211. The quantitative estimate of drug-likeness (QED) is 0.651. The summed E-state index contributed by atoms with van der Waals surface area (Å²) < 4.78 is 13.7. The number of nitrogens with zero attached hydrogens (tertiary/aromatic N) is 3. The SMILES string of the molecule is CN(CCc1ccncc1)C(=O)c1ccnc(NCCc2ccccc2F)c1. The van der Waals surface area contributed by atoms with Crippen molar-refractivity contribution >= 4 is 11.7 Å². The van der Waals surface area contributed by atoms with Gasteiger partial charge in [0.15, 0.2) is 0 Å². The van der Waals surface area contributed by atoms with Gasteiger partial charge >= 0.3 is 0 Å². The van der Waals surface area contributed by atoms with Gasteiger partial charge in [-0.1, -0.05) is 18.2 Å². The van der Waals surface area contributed by atoms with Gasteiger partial charge in [-0.3, -0.25) is 9.78 Å². The first-order valence-electron chi connectivity index (χ1n) is 9.21. The van der Waals surface area contributed by atoms with E-state index in [-0.39, 0.29) is 11.7 Å². The van der Waals surface area contributed by atoms with Crippen LogP contribution in [0.25, 0.3) is 0 Å². The van der Waals surface area contributed by atoms with E-state index in [1.54, 1.807) is 54.8 Å². The lowest BCUT2D eigenvalue weighted by Gasteiger charge is -2.17. The van der Waals surface area contributed by atoms with Crippen molar-refractivity contribution in [1.82, 2.24) is 14.9 Å². The first kappa shape index (κ1) is 19.5. The molecule has 1 N–H and O–H groups in total. The minimum Gasteiger partial charge on any atom is -0.370 e. The summed E-state index contributed by atoms with van der Waals surface area (Å²) in [5, 5.41) is 3.16. The van der Waals surface area contributed by atoms with E-state index in [0.717, 1.165) is 12.0 Å². The number of aromatic nitrogens is 2. The van der Waals surface area contributed by atoms with Crippen LogP contribution in [0.3, 0.4) is 0 Å². The maximum absolute atomic E-state index is 13.7. The topological polar surface area (TPSA) is 58.1 Å². The van der Waals surface area contributed by atoms with Gasteiger partial charge in [-0.2, -0.15) is 0 Å². The smallest absolute Gasteiger partial charge is 0.253 e. The third-order valence-corrected chi connectivity index (χ3v) is 4.50. The van der Waals surface area contributed by atoms with Crippen LogP contribution in [0.2, 0.25) is 0 Å². The lowest BCUT2D eigenvalue weighted by atomic mass is 10.1. The highest BCUT2D eigenvalue weighted by Crippen LogP contribution is 2.11. The summed E-state index contributed by atoms with van der Waals surface area (Å²) in [6.07, 6.45) is 6.41. The van der Waals surface area contributed by atoms with Crippen LogP contribution in [-0.4, -0.2) is 40.9 Å². The van der Waals surface area contributed by atoms with E-state index in [1.165, 1.54) is 6.07 Å². The van der Waals surface area contributed by atoms with E-state index in [1.807, 2.05) is 18.2 Å². The van der Waals surface area contributed by atoms with Crippen molar-refractivity contribution in [2.45, 2.75) is 12.8 Å². The van der Waals surface area contributed by atoms with Crippen LogP contribution < -0.4 is 5.32 Å². The Morgan fingerprint density at radius 2 is 1.86 bits per heavy atom. The van der Waals surface area contributed by atoms with Crippen LogP contribution in [0, 0.1) is 5.82 Å². The van der Waals surface area contributed by atoms with Gasteiger partial charge in [-0.25, -0.2) is 9.37 Å². The fraction of sp³-hybridized carbons (Fsp3) is 0.227. The van der Waals surface area contributed by atoms with Crippen molar-refractivity contribution in [3.8, 4) is 0 Å². The number of nitrogens with one attached hydrogen (secondary N) is 1. The fourth-order valence-corrected chi connectivity index (χ4v) is 2.85. The van der Waals surface area contributed by atoms with Crippen LogP contribution in [-0.2, 0) is 12.8 Å². The number of likely N-dealkylation sites (N-methyl/N-ethyl adjacent to an activating group) is 1. The minimum absolute atomic E-state index is 0.0615. The standard InChI is InChI=1S/C22H23FN4O/c1-27(15-10-17-6-11-24-12-7-17)22(28)19-9-14-26-21(16-19)25-13-8-18-4-2-3-5-20(18)23/h2-7,9,11-12,14,16H,8,10,13,15H2,1H3,(H,25,26). The predicted octanol–water partition coefficient (Wildman–Crippen LogP) is 3.59. The number of amides is 1. The number of rotatable bonds is 8. The van der Waals surface area contributed by atoms with Crippen LogP contribution in [0.5, 0.6) is 0 Å². The molecule has 2 heterocycles. The van der Waals surface area contributed by atoms with Crippen molar-refractivity contribution in [3.05, 3.63) is 89.6 Å². The number of carbonyl (C=O) groups excluding carboxylic acids is 1. The molecular weight excluding hydrogens is 355 g/mol. The van der Waals surface area contributed by atoms with Crippen LogP contribution in [0.1, 0.15) is 21.5 Å². The number of anilines is 1. The predicted molar refractivity (Wildman–Crippen MR) is 108 cm³/mol. The normalized spacial score (nSPS) is 10.5. The van der Waals surface area contributed by atoms with Gasteiger partial charge in [0.25, 0.3) is 5.91 Å². The lowest BCUT2D eigenvalue weighted by Crippen LogP contribution is -2.29. The molecule has 3 rings (SSSR count). The molecule has 6 heteroatoms. The Kier molecular flexibility index (Phi) is 6.68. The highest BCUT2D eigenvalue weighted by Gasteiger charge is 2.12. The second kappa shape index (κ2) is 9.60. The molecule has 1 amide bonds. The molecule has 0 aliphatic carbocycles. The maximum Gasteiger partial charge on any atom is 0.253 e. The van der Waals surface area contributed by atoms with Gasteiger partial charge in [-0.05, 0) is 54.3 Å². The zero-order chi connectivity index (χ0) is 19.8. The van der Waals surface area contributed by atoms with Gasteiger partial charge in [0.1, 0.15) is 11.6 Å². The lowest BCUT2D eigenvalue weighted by molar-refractivity contribution is 0.0796. The number of carbonyl (C=O) groups is 1. The summed E-state index contributed by atoms with van der Waals surface area (Å²) in [5.41, 5.74) is 2.36. The van der Waals surface area contributed by atoms with Crippen molar-refractivity contribution < 1.29 is 9.18 Å². The molecule has 0 aliphatic rings. The second-order valence-electron chi connectivity index (χ2n) is 6.53. The number of pyridine rings is 2. The Morgan fingerprint density at radius 3 is 2.64 bits per heavy atom. The van der Waals surface area contributed by atoms with Crippen molar-refractivity contribution in [1.29, 1.82) is 0 Å². The second-order valence-corrected chi connectivity index (χ2v) is 6.53. The van der Waals surface area contributed by atoms with Gasteiger partial charge in [0, 0.05) is 44.3 Å². The summed E-state index contributed by atoms with van der Waals surface area (Å²) in [7, 11) is 1.79. The van der Waals surface area contributed by atoms with E-state index >= 15 is 0 Å². The molecule has 0 bridgehead atoms. The van der Waals surface area contributed by atoms with Gasteiger partial charge in [-0.15, -0.1) is 0 Å². The van der Waals surface area contributed by atoms with Gasteiger partial charge < -0.3 is 10.2 Å². The van der Waals surface area contributed by atoms with E-state index in [9.17, 15) is 9.18 Å². The first-order valence-corrected chi connectivity index (χ1v) is 9.21. The van der Waals surface area contributed by atoms with Crippen molar-refractivity contribution in [2.24, 2.45) is 0 Å². The summed E-state index contributed by atoms with van der Waals surface area (Å²) in [6.45, 7) is 1.14. The van der Waals surface area contributed by atoms with Crippen LogP contribution in [0.15, 0.2) is 67.1 Å². The Bertz CT molecular complexity index is 917. The molecule has 0 spiro atoms. The summed E-state index contributed by atoms with van der Waals surface area (Å²) in [4.78, 5) is 22.6. The largest absolute Gasteiger partial charge is 0.370 e. The average Bonchev–Trinajstić information content (AvgIpc) is 2.74. The summed E-state index contributed by atoms with van der Waals surface area (Å²) in [5.74, 6) is 0.329. The highest BCUT2D eigenvalue weighted by molar-refractivity contribution is 5.94. The molecule has 144 valence electrons. The zero-order valence-corrected chi connectivity index (χ0v) is 15.8. The van der Waals surface area contributed by atoms with Crippen LogP contribution in [0.4, 0.5) is 10.2 Å². The number of halogens is 1. The van der Waals surface area contributed by atoms with Crippen molar-refractivity contribution in [2.75, 3.05) is 25.5 Å². The van der Waals surface area contributed by atoms with Crippen LogP contribution >= 0.6 is 0 Å². The third-order valence-electron chi connectivity index (χ3n) is 4.50. The maximum atomic E-state index is 13.7. The first-order chi connectivity index (χ1) is 13.6. The van der Waals surface area contributed by atoms with E-state index < -0.39 is 0 Å². The molecule has 1 aromatic carbocycles. The number of hydrogen-bond acceptors (Lipinski definition) is 4. The van der Waals surface area contributed by atoms with E-state index in [4.69, 9.17) is 0 Å². The number of hydrogen-bond donors (Lipinski definition) is 1. The molecule has 5 nitrogen and oxygen atoms in total. The Balaban J connectivity index is 1.54. The molecule has 0 atom stereocenters.